The SMILES string of the molecule is CC(C)c1ccc(C(=O)NC(c2ccccc2)C(O)C(=O)Nc2ccc3c(N)nccc3c2)cc1. The van der Waals surface area contributed by atoms with E-state index < -0.39 is 18.1 Å². The Balaban J connectivity index is 1.55. The monoisotopic (exact) mass is 468 g/mol. The molecule has 2 atom stereocenters. The van der Waals surface area contributed by atoms with Crippen LogP contribution in [0.1, 0.15) is 47.3 Å². The number of fused-ring (bicyclic) bond motifs is 1. The first kappa shape index (κ1) is 23.9. The number of amides is 2. The Bertz CT molecular complexity index is 1340. The van der Waals surface area contributed by atoms with Crippen molar-refractivity contribution in [1.29, 1.82) is 0 Å². The lowest BCUT2D eigenvalue weighted by Crippen LogP contribution is -2.42. The van der Waals surface area contributed by atoms with Crippen LogP contribution in [0.25, 0.3) is 10.8 Å². The summed E-state index contributed by atoms with van der Waals surface area (Å²) >= 11 is 0. The van der Waals surface area contributed by atoms with E-state index in [9.17, 15) is 14.7 Å². The van der Waals surface area contributed by atoms with E-state index in [4.69, 9.17) is 5.73 Å². The highest BCUT2D eigenvalue weighted by atomic mass is 16.3. The number of nitrogen functional groups attached to an aromatic ring is 1. The van der Waals surface area contributed by atoms with Crippen molar-refractivity contribution in [2.24, 2.45) is 0 Å². The lowest BCUT2D eigenvalue weighted by Gasteiger charge is -2.24. The highest BCUT2D eigenvalue weighted by molar-refractivity contribution is 6.00. The Labute approximate surface area is 204 Å². The number of benzene rings is 3. The van der Waals surface area contributed by atoms with Crippen LogP contribution in [0.15, 0.2) is 85.1 Å². The van der Waals surface area contributed by atoms with Gasteiger partial charge < -0.3 is 21.5 Å². The summed E-state index contributed by atoms with van der Waals surface area (Å²) in [5.74, 6) is -0.281. The van der Waals surface area contributed by atoms with Crippen LogP contribution in [0.3, 0.4) is 0 Å². The van der Waals surface area contributed by atoms with Crippen molar-refractivity contribution < 1.29 is 14.7 Å². The molecule has 7 heteroatoms. The quantitative estimate of drug-likeness (QED) is 0.320. The fourth-order valence-electron chi connectivity index (χ4n) is 3.90. The molecule has 7 nitrogen and oxygen atoms in total. The first-order valence-corrected chi connectivity index (χ1v) is 11.4. The maximum Gasteiger partial charge on any atom is 0.255 e. The Kier molecular flexibility index (Phi) is 7.08. The zero-order chi connectivity index (χ0) is 24.9. The van der Waals surface area contributed by atoms with Crippen LogP contribution >= 0.6 is 0 Å². The molecular formula is C28H28N4O3. The number of hydrogen-bond donors (Lipinski definition) is 4. The van der Waals surface area contributed by atoms with Gasteiger partial charge in [-0.2, -0.15) is 0 Å². The molecule has 0 aliphatic carbocycles. The standard InChI is InChI=1S/C28H28N4O3/c1-17(2)18-8-10-20(11-9-18)27(34)32-24(19-6-4-3-5-7-19)25(33)28(35)31-22-12-13-23-21(16-22)14-15-30-26(23)29/h3-17,24-25,33H,1-2H3,(H2,29,30)(H,31,35)(H,32,34). The van der Waals surface area contributed by atoms with Gasteiger partial charge in [0.15, 0.2) is 6.10 Å². The second-order valence-corrected chi connectivity index (χ2v) is 8.70. The Morgan fingerprint density at radius 1 is 0.914 bits per heavy atom. The molecule has 0 bridgehead atoms. The fourth-order valence-corrected chi connectivity index (χ4v) is 3.90. The van der Waals surface area contributed by atoms with Crippen molar-refractivity contribution >= 4 is 34.1 Å². The van der Waals surface area contributed by atoms with Gasteiger partial charge in [0.25, 0.3) is 11.8 Å². The second-order valence-electron chi connectivity index (χ2n) is 8.70. The molecule has 1 heterocycles. The number of nitrogens with two attached hydrogens (primary N) is 1. The van der Waals surface area contributed by atoms with E-state index in [2.05, 4.69) is 29.5 Å². The first-order valence-electron chi connectivity index (χ1n) is 11.4. The molecule has 0 saturated heterocycles. The van der Waals surface area contributed by atoms with Crippen LogP contribution < -0.4 is 16.4 Å². The number of aliphatic hydroxyl groups is 1. The van der Waals surface area contributed by atoms with Crippen LogP contribution in [0.4, 0.5) is 11.5 Å². The van der Waals surface area contributed by atoms with Gasteiger partial charge >= 0.3 is 0 Å². The molecule has 178 valence electrons. The minimum absolute atomic E-state index is 0.345. The number of hydrogen-bond acceptors (Lipinski definition) is 5. The Hall–Kier alpha value is -4.23. The van der Waals surface area contributed by atoms with Crippen molar-refractivity contribution in [1.82, 2.24) is 10.3 Å². The molecule has 0 spiro atoms. The number of anilines is 2. The van der Waals surface area contributed by atoms with Gasteiger partial charge in [0.05, 0.1) is 6.04 Å². The van der Waals surface area contributed by atoms with Crippen LogP contribution in [0.5, 0.6) is 0 Å². The number of carbonyl (C=O) groups excluding carboxylic acids is 2. The van der Waals surface area contributed by atoms with E-state index in [0.29, 0.717) is 28.6 Å². The number of rotatable bonds is 7. The lowest BCUT2D eigenvalue weighted by atomic mass is 9.99. The average molecular weight is 469 g/mol. The zero-order valence-corrected chi connectivity index (χ0v) is 19.6. The summed E-state index contributed by atoms with van der Waals surface area (Å²) in [6.07, 6.45) is 0.0572. The van der Waals surface area contributed by atoms with Crippen molar-refractivity contribution in [3.8, 4) is 0 Å². The first-order chi connectivity index (χ1) is 16.8. The molecule has 0 aliphatic heterocycles. The molecule has 2 amide bonds. The summed E-state index contributed by atoms with van der Waals surface area (Å²) in [5, 5.41) is 18.1. The minimum atomic E-state index is -1.53. The van der Waals surface area contributed by atoms with Crippen LogP contribution in [0, 0.1) is 0 Å². The van der Waals surface area contributed by atoms with E-state index in [1.165, 1.54) is 0 Å². The number of carbonyl (C=O) groups is 2. The third-order valence-corrected chi connectivity index (χ3v) is 5.93. The van der Waals surface area contributed by atoms with Crippen molar-refractivity contribution in [2.75, 3.05) is 11.1 Å². The predicted molar refractivity (Wildman–Crippen MR) is 138 cm³/mol. The van der Waals surface area contributed by atoms with Gasteiger partial charge in [-0.15, -0.1) is 0 Å². The van der Waals surface area contributed by atoms with Gasteiger partial charge in [-0.1, -0.05) is 56.3 Å². The molecule has 3 aromatic carbocycles. The van der Waals surface area contributed by atoms with E-state index in [-0.39, 0.29) is 5.91 Å². The number of aromatic nitrogens is 1. The summed E-state index contributed by atoms with van der Waals surface area (Å²) in [4.78, 5) is 30.1. The Morgan fingerprint density at radius 2 is 1.63 bits per heavy atom. The maximum absolute atomic E-state index is 13.0. The number of nitrogens with zero attached hydrogens (tertiary/aromatic N) is 1. The molecule has 0 aliphatic rings. The molecule has 4 rings (SSSR count). The zero-order valence-electron chi connectivity index (χ0n) is 19.6. The highest BCUT2D eigenvalue weighted by Crippen LogP contribution is 2.24. The number of aliphatic hydroxyl groups excluding tert-OH is 1. The summed E-state index contributed by atoms with van der Waals surface area (Å²) < 4.78 is 0. The highest BCUT2D eigenvalue weighted by Gasteiger charge is 2.29. The topological polar surface area (TPSA) is 117 Å². The predicted octanol–water partition coefficient (Wildman–Crippen LogP) is 4.41. The largest absolute Gasteiger partial charge is 0.383 e. The molecule has 35 heavy (non-hydrogen) atoms. The van der Waals surface area contributed by atoms with E-state index in [1.54, 1.807) is 66.9 Å². The smallest absolute Gasteiger partial charge is 0.255 e. The second kappa shape index (κ2) is 10.4. The summed E-state index contributed by atoms with van der Waals surface area (Å²) in [7, 11) is 0. The molecule has 0 fully saturated rings. The number of pyridine rings is 1. The van der Waals surface area contributed by atoms with Crippen LogP contribution in [-0.4, -0.2) is 28.0 Å². The summed E-state index contributed by atoms with van der Waals surface area (Å²) in [6, 6.07) is 22.3. The van der Waals surface area contributed by atoms with Crippen molar-refractivity contribution in [3.63, 3.8) is 0 Å². The normalized spacial score (nSPS) is 12.8. The summed E-state index contributed by atoms with van der Waals surface area (Å²) in [5.41, 5.74) is 8.57. The fraction of sp³-hybridized carbons (Fsp3) is 0.179. The molecule has 4 aromatic rings. The number of nitrogens with one attached hydrogen (secondary N) is 2. The molecular weight excluding hydrogens is 440 g/mol. The van der Waals surface area contributed by atoms with Crippen LogP contribution in [0.2, 0.25) is 0 Å². The lowest BCUT2D eigenvalue weighted by molar-refractivity contribution is -0.125. The maximum atomic E-state index is 13.0. The minimum Gasteiger partial charge on any atom is -0.383 e. The molecule has 0 saturated carbocycles. The molecule has 0 radical (unpaired) electrons. The van der Waals surface area contributed by atoms with Crippen LogP contribution in [-0.2, 0) is 4.79 Å². The van der Waals surface area contributed by atoms with Gasteiger partial charge in [0.1, 0.15) is 5.82 Å². The van der Waals surface area contributed by atoms with Gasteiger partial charge in [-0.05, 0) is 58.8 Å². The van der Waals surface area contributed by atoms with Gasteiger partial charge in [0.2, 0.25) is 0 Å². The average Bonchev–Trinajstić information content (AvgIpc) is 2.87. The van der Waals surface area contributed by atoms with Gasteiger partial charge in [0, 0.05) is 22.8 Å². The van der Waals surface area contributed by atoms with Gasteiger partial charge in [-0.25, -0.2) is 4.98 Å². The summed E-state index contributed by atoms with van der Waals surface area (Å²) in [6.45, 7) is 4.16. The van der Waals surface area contributed by atoms with Gasteiger partial charge in [-0.3, -0.25) is 9.59 Å². The third kappa shape index (κ3) is 5.47. The molecule has 2 unspecified atom stereocenters. The Morgan fingerprint density at radius 3 is 2.31 bits per heavy atom. The van der Waals surface area contributed by atoms with E-state index >= 15 is 0 Å². The molecule has 1 aromatic heterocycles. The third-order valence-electron chi connectivity index (χ3n) is 5.93. The molecule has 5 N–H and O–H groups in total. The van der Waals surface area contributed by atoms with E-state index in [1.807, 2.05) is 18.2 Å². The van der Waals surface area contributed by atoms with Crippen molar-refractivity contribution in [3.05, 3.63) is 102 Å². The van der Waals surface area contributed by atoms with E-state index in [0.717, 1.165) is 16.3 Å². The van der Waals surface area contributed by atoms with Crippen molar-refractivity contribution in [2.45, 2.75) is 31.9 Å².